The van der Waals surface area contributed by atoms with Gasteiger partial charge < -0.3 is 20.8 Å². The van der Waals surface area contributed by atoms with Gasteiger partial charge in [0.1, 0.15) is 0 Å². The van der Waals surface area contributed by atoms with Crippen molar-refractivity contribution in [3.8, 4) is 0 Å². The molecule has 0 radical (unpaired) electrons. The summed E-state index contributed by atoms with van der Waals surface area (Å²) in [6, 6.07) is 3.61. The first-order valence-electron chi connectivity index (χ1n) is 7.24. The molecular weight excluding hydrogens is 270 g/mol. The highest BCUT2D eigenvalue weighted by atomic mass is 16.4. The molecule has 4 N–H and O–H groups in total. The summed E-state index contributed by atoms with van der Waals surface area (Å²) >= 11 is 0. The van der Waals surface area contributed by atoms with E-state index in [1.165, 1.54) is 0 Å². The molecule has 6 heteroatoms. The third-order valence-corrected chi connectivity index (χ3v) is 3.97. The van der Waals surface area contributed by atoms with Crippen molar-refractivity contribution in [2.24, 2.45) is 0 Å². The number of aromatic carboxylic acids is 1. The number of carboxylic acids is 1. The van der Waals surface area contributed by atoms with E-state index >= 15 is 0 Å². The SMILES string of the molecule is Cc1cc(N2CCCN(CCO)CC2)cc(C(=O)O)c1N. The number of benzene rings is 1. The minimum atomic E-state index is -0.992. The van der Waals surface area contributed by atoms with Crippen LogP contribution in [0.15, 0.2) is 12.1 Å². The van der Waals surface area contributed by atoms with Crippen molar-refractivity contribution >= 4 is 17.3 Å². The minimum Gasteiger partial charge on any atom is -0.478 e. The molecule has 0 atom stereocenters. The summed E-state index contributed by atoms with van der Waals surface area (Å²) < 4.78 is 0. The summed E-state index contributed by atoms with van der Waals surface area (Å²) in [6.45, 7) is 6.22. The third kappa shape index (κ3) is 3.65. The summed E-state index contributed by atoms with van der Waals surface area (Å²) in [6.07, 6.45) is 0.992. The van der Waals surface area contributed by atoms with Crippen LogP contribution < -0.4 is 10.6 Å². The molecule has 2 rings (SSSR count). The van der Waals surface area contributed by atoms with Gasteiger partial charge in [-0.1, -0.05) is 0 Å². The van der Waals surface area contributed by atoms with E-state index in [0.717, 1.165) is 43.9 Å². The third-order valence-electron chi connectivity index (χ3n) is 3.97. The molecule has 6 nitrogen and oxygen atoms in total. The van der Waals surface area contributed by atoms with Gasteiger partial charge in [-0.25, -0.2) is 4.79 Å². The lowest BCUT2D eigenvalue weighted by atomic mass is 10.1. The van der Waals surface area contributed by atoms with Crippen molar-refractivity contribution in [1.82, 2.24) is 4.90 Å². The monoisotopic (exact) mass is 293 g/mol. The second-order valence-electron chi connectivity index (χ2n) is 5.43. The van der Waals surface area contributed by atoms with Crippen molar-refractivity contribution in [2.75, 3.05) is 50.0 Å². The zero-order valence-electron chi connectivity index (χ0n) is 12.4. The molecular formula is C15H23N3O3. The second-order valence-corrected chi connectivity index (χ2v) is 5.43. The van der Waals surface area contributed by atoms with Gasteiger partial charge in [-0.2, -0.15) is 0 Å². The van der Waals surface area contributed by atoms with Crippen molar-refractivity contribution in [1.29, 1.82) is 0 Å². The van der Waals surface area contributed by atoms with Gasteiger partial charge in [0.15, 0.2) is 0 Å². The summed E-state index contributed by atoms with van der Waals surface area (Å²) in [5.41, 5.74) is 8.04. The molecule has 0 spiro atoms. The summed E-state index contributed by atoms with van der Waals surface area (Å²) in [5.74, 6) is -0.992. The molecule has 1 saturated heterocycles. The largest absolute Gasteiger partial charge is 0.478 e. The molecule has 21 heavy (non-hydrogen) atoms. The maximum Gasteiger partial charge on any atom is 0.337 e. The summed E-state index contributed by atoms with van der Waals surface area (Å²) in [5, 5.41) is 18.3. The molecule has 1 fully saturated rings. The molecule has 116 valence electrons. The van der Waals surface area contributed by atoms with Gasteiger partial charge in [0, 0.05) is 37.6 Å². The molecule has 0 amide bonds. The first kappa shape index (κ1) is 15.6. The number of β-amino-alcohol motifs (C(OH)–C–C–N with tert-alkyl or cyclic N) is 1. The molecule has 0 aromatic heterocycles. The van der Waals surface area contributed by atoms with Gasteiger partial charge in [0.05, 0.1) is 12.2 Å². The topological polar surface area (TPSA) is 90.0 Å². The van der Waals surface area contributed by atoms with E-state index in [2.05, 4.69) is 9.80 Å². The Labute approximate surface area is 124 Å². The Morgan fingerprint density at radius 3 is 2.71 bits per heavy atom. The van der Waals surface area contributed by atoms with Crippen molar-refractivity contribution in [3.63, 3.8) is 0 Å². The highest BCUT2D eigenvalue weighted by molar-refractivity contribution is 5.95. The number of aliphatic hydroxyl groups is 1. The van der Waals surface area contributed by atoms with Crippen molar-refractivity contribution < 1.29 is 15.0 Å². The average molecular weight is 293 g/mol. The van der Waals surface area contributed by atoms with E-state index in [1.807, 2.05) is 13.0 Å². The van der Waals surface area contributed by atoms with Gasteiger partial charge in [0.25, 0.3) is 0 Å². The number of rotatable bonds is 4. The lowest BCUT2D eigenvalue weighted by Gasteiger charge is -2.24. The Bertz CT molecular complexity index is 519. The van der Waals surface area contributed by atoms with Gasteiger partial charge >= 0.3 is 5.97 Å². The fourth-order valence-corrected chi connectivity index (χ4v) is 2.73. The Balaban J connectivity index is 2.20. The number of hydrogen-bond donors (Lipinski definition) is 3. The lowest BCUT2D eigenvalue weighted by molar-refractivity contribution is 0.0698. The summed E-state index contributed by atoms with van der Waals surface area (Å²) in [7, 11) is 0. The number of nitrogen functional groups attached to an aromatic ring is 1. The van der Waals surface area contributed by atoms with E-state index in [-0.39, 0.29) is 12.2 Å². The van der Waals surface area contributed by atoms with Gasteiger partial charge in [-0.05, 0) is 37.6 Å². The van der Waals surface area contributed by atoms with Crippen LogP contribution in [0.25, 0.3) is 0 Å². The van der Waals surface area contributed by atoms with Gasteiger partial charge in [-0.3, -0.25) is 4.90 Å². The van der Waals surface area contributed by atoms with E-state index in [1.54, 1.807) is 6.07 Å². The number of hydrogen-bond acceptors (Lipinski definition) is 5. The van der Waals surface area contributed by atoms with Gasteiger partial charge in [-0.15, -0.1) is 0 Å². The smallest absolute Gasteiger partial charge is 0.337 e. The Kier molecular flexibility index (Phi) is 5.03. The molecule has 0 unspecified atom stereocenters. The highest BCUT2D eigenvalue weighted by Crippen LogP contribution is 2.26. The molecule has 1 aliphatic rings. The molecule has 0 saturated carbocycles. The van der Waals surface area contributed by atoms with Crippen LogP contribution in [0.3, 0.4) is 0 Å². The standard InChI is InChI=1S/C15H23N3O3/c1-11-9-12(10-13(14(11)16)15(20)21)18-4-2-3-17(5-6-18)7-8-19/h9-10,19H,2-8,16H2,1H3,(H,20,21). The quantitative estimate of drug-likeness (QED) is 0.711. The number of nitrogens with zero attached hydrogens (tertiary/aromatic N) is 2. The Morgan fingerprint density at radius 1 is 1.29 bits per heavy atom. The minimum absolute atomic E-state index is 0.168. The second kappa shape index (κ2) is 6.78. The maximum absolute atomic E-state index is 11.3. The lowest BCUT2D eigenvalue weighted by Crippen LogP contribution is -2.32. The van der Waals surface area contributed by atoms with E-state index in [0.29, 0.717) is 12.2 Å². The predicted molar refractivity (Wildman–Crippen MR) is 82.9 cm³/mol. The van der Waals surface area contributed by atoms with Crippen LogP contribution in [0.5, 0.6) is 0 Å². The van der Waals surface area contributed by atoms with Gasteiger partial charge in [0.2, 0.25) is 0 Å². The van der Waals surface area contributed by atoms with E-state index in [9.17, 15) is 9.90 Å². The number of nitrogens with two attached hydrogens (primary N) is 1. The zero-order chi connectivity index (χ0) is 15.4. The van der Waals surface area contributed by atoms with Crippen LogP contribution in [-0.4, -0.2) is 60.4 Å². The normalized spacial score (nSPS) is 16.8. The number of aliphatic hydroxyl groups excluding tert-OH is 1. The number of carboxylic acid groups (broad SMARTS) is 1. The molecule has 0 bridgehead atoms. The molecule has 1 aliphatic heterocycles. The van der Waals surface area contributed by atoms with Crippen LogP contribution in [-0.2, 0) is 0 Å². The van der Waals surface area contributed by atoms with E-state index < -0.39 is 5.97 Å². The fourth-order valence-electron chi connectivity index (χ4n) is 2.73. The zero-order valence-corrected chi connectivity index (χ0v) is 12.4. The van der Waals surface area contributed by atoms with Crippen molar-refractivity contribution in [2.45, 2.75) is 13.3 Å². The number of carbonyl (C=O) groups is 1. The maximum atomic E-state index is 11.3. The molecule has 0 aliphatic carbocycles. The average Bonchev–Trinajstić information content (AvgIpc) is 2.67. The van der Waals surface area contributed by atoms with E-state index in [4.69, 9.17) is 10.8 Å². The summed E-state index contributed by atoms with van der Waals surface area (Å²) in [4.78, 5) is 15.7. The fraction of sp³-hybridized carbons (Fsp3) is 0.533. The number of anilines is 2. The molecule has 1 heterocycles. The Morgan fingerprint density at radius 2 is 2.05 bits per heavy atom. The van der Waals surface area contributed by atoms with Crippen LogP contribution >= 0.6 is 0 Å². The first-order valence-corrected chi connectivity index (χ1v) is 7.24. The van der Waals surface area contributed by atoms with Crippen LogP contribution in [0, 0.1) is 6.92 Å². The Hall–Kier alpha value is -1.79. The number of aryl methyl sites for hydroxylation is 1. The first-order chi connectivity index (χ1) is 10.0. The van der Waals surface area contributed by atoms with Crippen LogP contribution in [0.4, 0.5) is 11.4 Å². The predicted octanol–water partition coefficient (Wildman–Crippen LogP) is 0.780. The molecule has 1 aromatic rings. The van der Waals surface area contributed by atoms with Crippen LogP contribution in [0.1, 0.15) is 22.3 Å². The highest BCUT2D eigenvalue weighted by Gasteiger charge is 2.18. The molecule has 1 aromatic carbocycles. The van der Waals surface area contributed by atoms with Crippen LogP contribution in [0.2, 0.25) is 0 Å². The van der Waals surface area contributed by atoms with Crippen molar-refractivity contribution in [3.05, 3.63) is 23.3 Å².